The van der Waals surface area contributed by atoms with E-state index in [1.807, 2.05) is 6.07 Å². The third-order valence-corrected chi connectivity index (χ3v) is 14.8. The molecule has 0 bridgehead atoms. The summed E-state index contributed by atoms with van der Waals surface area (Å²) in [6.45, 7) is 13.9. The molecule has 0 amide bonds. The Bertz CT molecular complexity index is 3200. The zero-order chi connectivity index (χ0) is 46.1. The quantitative estimate of drug-likeness (QED) is 0.0899. The number of anilines is 3. The molecule has 2 heteroatoms. The van der Waals surface area contributed by atoms with Crippen LogP contribution < -0.4 is 4.90 Å². The Balaban J connectivity index is 1.03. The van der Waals surface area contributed by atoms with E-state index in [9.17, 15) is 0 Å². The molecule has 0 saturated carbocycles. The molecular weight excluding hydrogens is 811 g/mol. The molecule has 10 rings (SSSR count). The molecule has 336 valence electrons. The zero-order valence-electron chi connectivity index (χ0n) is 40.5. The summed E-state index contributed by atoms with van der Waals surface area (Å²) >= 11 is 0. The molecular formula is C65H65NO. The van der Waals surface area contributed by atoms with Crippen LogP contribution in [0.3, 0.4) is 0 Å². The van der Waals surface area contributed by atoms with E-state index in [1.54, 1.807) is 0 Å². The maximum Gasteiger partial charge on any atom is 0.143 e. The van der Waals surface area contributed by atoms with Crippen LogP contribution in [0.2, 0.25) is 0 Å². The highest BCUT2D eigenvalue weighted by Crippen LogP contribution is 2.51. The van der Waals surface area contributed by atoms with Crippen LogP contribution >= 0.6 is 0 Å². The predicted octanol–water partition coefficient (Wildman–Crippen LogP) is 19.2. The highest BCUT2D eigenvalue weighted by Gasteiger charge is 2.35. The predicted molar refractivity (Wildman–Crippen MR) is 287 cm³/mol. The van der Waals surface area contributed by atoms with Crippen LogP contribution in [0.15, 0.2) is 168 Å². The van der Waals surface area contributed by atoms with E-state index in [1.165, 1.54) is 118 Å². The van der Waals surface area contributed by atoms with Crippen LogP contribution in [0.25, 0.3) is 66.4 Å². The molecule has 1 heterocycles. The molecule has 0 spiro atoms. The van der Waals surface area contributed by atoms with Gasteiger partial charge < -0.3 is 9.32 Å². The summed E-state index contributed by atoms with van der Waals surface area (Å²) in [6, 6.07) is 61.4. The van der Waals surface area contributed by atoms with Crippen LogP contribution in [0, 0.1) is 13.8 Å². The monoisotopic (exact) mass is 876 g/mol. The first-order valence-electron chi connectivity index (χ1n) is 25.1. The lowest BCUT2D eigenvalue weighted by molar-refractivity contribution is 0.660. The third kappa shape index (κ3) is 8.52. The SMILES string of the molecule is CCCCCCc1cc(-c2ccc(C)c(-c3ccc(N(c4ccc(-c5cccc6c5oc5ccccc56)cc4)c4ccc5c(c4)C(C)(C)c4ccccc4-5)cc3)c2)c(CCCCCC)cc1C. The molecule has 1 aliphatic rings. The molecule has 0 N–H and O–H groups in total. The molecule has 0 aliphatic heterocycles. The molecule has 0 unspecified atom stereocenters. The maximum atomic E-state index is 6.48. The lowest BCUT2D eigenvalue weighted by atomic mass is 9.82. The highest BCUT2D eigenvalue weighted by molar-refractivity contribution is 6.09. The van der Waals surface area contributed by atoms with Gasteiger partial charge in [0.25, 0.3) is 0 Å². The summed E-state index contributed by atoms with van der Waals surface area (Å²) in [7, 11) is 0. The Hall–Kier alpha value is -6.64. The Morgan fingerprint density at radius 1 is 0.418 bits per heavy atom. The fourth-order valence-electron chi connectivity index (χ4n) is 11.0. The lowest BCUT2D eigenvalue weighted by Gasteiger charge is -2.28. The van der Waals surface area contributed by atoms with Crippen LogP contribution in [-0.4, -0.2) is 0 Å². The number of unbranched alkanes of at least 4 members (excludes halogenated alkanes) is 6. The van der Waals surface area contributed by atoms with E-state index in [0.29, 0.717) is 0 Å². The number of hydrogen-bond acceptors (Lipinski definition) is 2. The van der Waals surface area contributed by atoms with E-state index < -0.39 is 0 Å². The fourth-order valence-corrected chi connectivity index (χ4v) is 11.0. The first kappa shape index (κ1) is 44.2. The van der Waals surface area contributed by atoms with Crippen molar-refractivity contribution in [2.45, 2.75) is 111 Å². The summed E-state index contributed by atoms with van der Waals surface area (Å²) in [5.41, 5.74) is 23.8. The number of hydrogen-bond donors (Lipinski definition) is 0. The summed E-state index contributed by atoms with van der Waals surface area (Å²) in [6.07, 6.45) is 12.5. The van der Waals surface area contributed by atoms with E-state index in [0.717, 1.165) is 63.0 Å². The number of benzene rings is 8. The second kappa shape index (κ2) is 18.9. The van der Waals surface area contributed by atoms with Gasteiger partial charge in [-0.25, -0.2) is 0 Å². The standard InChI is InChI=1S/C65H65NO/c1-7-9-11-13-20-48-41-60(49(40-45(48)4)21-14-12-10-8-2)50-29-28-44(3)59(42-50)47-32-36-52(37-33-47)66(53-38-39-56-55-22-15-17-26-61(55)65(5,6)62(56)43-53)51-34-30-46(31-35-51)54-24-19-25-58-57-23-16-18-27-63(57)67-64(54)58/h15-19,22-43H,7-14,20-21H2,1-6H3. The largest absolute Gasteiger partial charge is 0.455 e. The number of fused-ring (bicyclic) bond motifs is 6. The van der Waals surface area contributed by atoms with Gasteiger partial charge in [0.05, 0.1) is 0 Å². The molecule has 0 radical (unpaired) electrons. The summed E-state index contributed by atoms with van der Waals surface area (Å²) < 4.78 is 6.48. The van der Waals surface area contributed by atoms with Gasteiger partial charge in [0.1, 0.15) is 11.2 Å². The second-order valence-corrected chi connectivity index (χ2v) is 19.7. The van der Waals surface area contributed by atoms with Gasteiger partial charge in [0.2, 0.25) is 0 Å². The minimum atomic E-state index is -0.113. The molecule has 1 aliphatic carbocycles. The number of para-hydroxylation sites is 2. The van der Waals surface area contributed by atoms with Gasteiger partial charge in [-0.3, -0.25) is 0 Å². The molecule has 67 heavy (non-hydrogen) atoms. The zero-order valence-corrected chi connectivity index (χ0v) is 40.5. The maximum absolute atomic E-state index is 6.48. The van der Waals surface area contributed by atoms with Gasteiger partial charge in [-0.1, -0.05) is 181 Å². The van der Waals surface area contributed by atoms with Gasteiger partial charge in [-0.15, -0.1) is 0 Å². The van der Waals surface area contributed by atoms with Crippen molar-refractivity contribution in [3.05, 3.63) is 197 Å². The van der Waals surface area contributed by atoms with Crippen LogP contribution in [-0.2, 0) is 18.3 Å². The van der Waals surface area contributed by atoms with Gasteiger partial charge in [-0.2, -0.15) is 0 Å². The van der Waals surface area contributed by atoms with Crippen LogP contribution in [0.5, 0.6) is 0 Å². The fraction of sp³-hybridized carbons (Fsp3) is 0.262. The minimum Gasteiger partial charge on any atom is -0.455 e. The summed E-state index contributed by atoms with van der Waals surface area (Å²) in [5, 5.41) is 2.29. The molecule has 9 aromatic rings. The second-order valence-electron chi connectivity index (χ2n) is 19.7. The number of rotatable bonds is 16. The van der Waals surface area contributed by atoms with E-state index in [4.69, 9.17) is 4.42 Å². The Kier molecular flexibility index (Phi) is 12.5. The Labute approximate surface area is 399 Å². The van der Waals surface area contributed by atoms with Crippen molar-refractivity contribution in [2.75, 3.05) is 4.90 Å². The van der Waals surface area contributed by atoms with Crippen molar-refractivity contribution in [3.8, 4) is 44.5 Å². The van der Waals surface area contributed by atoms with Crippen molar-refractivity contribution in [3.63, 3.8) is 0 Å². The molecule has 0 atom stereocenters. The minimum absolute atomic E-state index is 0.113. The summed E-state index contributed by atoms with van der Waals surface area (Å²) in [5.74, 6) is 0. The van der Waals surface area contributed by atoms with Crippen molar-refractivity contribution in [2.24, 2.45) is 0 Å². The topological polar surface area (TPSA) is 16.4 Å². The molecule has 0 saturated heterocycles. The first-order chi connectivity index (χ1) is 32.7. The van der Waals surface area contributed by atoms with E-state index >= 15 is 0 Å². The summed E-state index contributed by atoms with van der Waals surface area (Å²) in [4.78, 5) is 2.43. The average molecular weight is 876 g/mol. The van der Waals surface area contributed by atoms with Gasteiger partial charge >= 0.3 is 0 Å². The van der Waals surface area contributed by atoms with Gasteiger partial charge in [0, 0.05) is 38.8 Å². The van der Waals surface area contributed by atoms with Gasteiger partial charge in [0.15, 0.2) is 0 Å². The highest BCUT2D eigenvalue weighted by atomic mass is 16.3. The normalized spacial score (nSPS) is 12.7. The Morgan fingerprint density at radius 2 is 1.01 bits per heavy atom. The molecule has 8 aromatic carbocycles. The van der Waals surface area contributed by atoms with Crippen molar-refractivity contribution >= 4 is 39.0 Å². The smallest absolute Gasteiger partial charge is 0.143 e. The lowest BCUT2D eigenvalue weighted by Crippen LogP contribution is -2.16. The van der Waals surface area contributed by atoms with Gasteiger partial charge in [-0.05, 0) is 160 Å². The van der Waals surface area contributed by atoms with E-state index in [2.05, 4.69) is 204 Å². The van der Waals surface area contributed by atoms with Crippen molar-refractivity contribution in [1.82, 2.24) is 0 Å². The van der Waals surface area contributed by atoms with Crippen LogP contribution in [0.4, 0.5) is 17.1 Å². The van der Waals surface area contributed by atoms with Crippen LogP contribution in [0.1, 0.15) is 112 Å². The van der Waals surface area contributed by atoms with E-state index in [-0.39, 0.29) is 5.41 Å². The third-order valence-electron chi connectivity index (χ3n) is 14.8. The Morgan fingerprint density at radius 3 is 1.75 bits per heavy atom. The molecule has 2 nitrogen and oxygen atoms in total. The number of furan rings is 1. The molecule has 0 fully saturated rings. The molecule has 1 aromatic heterocycles. The number of nitrogens with zero attached hydrogens (tertiary/aromatic N) is 1. The van der Waals surface area contributed by atoms with Crippen molar-refractivity contribution < 1.29 is 4.42 Å². The first-order valence-corrected chi connectivity index (χ1v) is 25.1. The van der Waals surface area contributed by atoms with Crippen molar-refractivity contribution in [1.29, 1.82) is 0 Å². The average Bonchev–Trinajstić information content (AvgIpc) is 3.85. The number of aryl methyl sites for hydroxylation is 4.